The van der Waals surface area contributed by atoms with E-state index in [-0.39, 0.29) is 11.7 Å². The van der Waals surface area contributed by atoms with Crippen LogP contribution in [-0.2, 0) is 4.79 Å². The summed E-state index contributed by atoms with van der Waals surface area (Å²) in [4.78, 5) is 15.1. The Balaban J connectivity index is 1.72. The van der Waals surface area contributed by atoms with Gasteiger partial charge in [-0.1, -0.05) is 27.2 Å². The van der Waals surface area contributed by atoms with Crippen molar-refractivity contribution in [1.82, 2.24) is 10.2 Å². The summed E-state index contributed by atoms with van der Waals surface area (Å²) in [5.74, 6) is 3.60. The zero-order valence-electron chi connectivity index (χ0n) is 14.2. The van der Waals surface area contributed by atoms with Gasteiger partial charge >= 0.3 is 0 Å². The maximum absolute atomic E-state index is 12.9. The molecular formula is C18H32N2O. The molecule has 5 unspecified atom stereocenters. The van der Waals surface area contributed by atoms with Crippen molar-refractivity contribution in [2.75, 3.05) is 6.54 Å². The third-order valence-electron chi connectivity index (χ3n) is 6.31. The van der Waals surface area contributed by atoms with Crippen LogP contribution in [0.3, 0.4) is 0 Å². The van der Waals surface area contributed by atoms with Crippen LogP contribution in [0.25, 0.3) is 0 Å². The zero-order chi connectivity index (χ0) is 15.2. The van der Waals surface area contributed by atoms with Gasteiger partial charge in [-0.05, 0) is 62.7 Å². The first-order chi connectivity index (χ1) is 9.93. The van der Waals surface area contributed by atoms with Gasteiger partial charge in [0.25, 0.3) is 0 Å². The molecule has 1 N–H and O–H groups in total. The Kier molecular flexibility index (Phi) is 4.06. The number of fused-ring (bicyclic) bond motifs is 2. The number of rotatable bonds is 5. The average molecular weight is 292 g/mol. The van der Waals surface area contributed by atoms with Gasteiger partial charge in [-0.3, -0.25) is 10.1 Å². The highest BCUT2D eigenvalue weighted by Gasteiger charge is 2.49. The van der Waals surface area contributed by atoms with Crippen molar-refractivity contribution in [3.63, 3.8) is 0 Å². The van der Waals surface area contributed by atoms with Crippen LogP contribution in [0.5, 0.6) is 0 Å². The van der Waals surface area contributed by atoms with Crippen LogP contribution in [0.4, 0.5) is 0 Å². The fourth-order valence-corrected chi connectivity index (χ4v) is 4.91. The number of carbonyl (C=O) groups is 1. The third-order valence-corrected chi connectivity index (χ3v) is 6.31. The lowest BCUT2D eigenvalue weighted by atomic mass is 9.88. The van der Waals surface area contributed by atoms with E-state index >= 15 is 0 Å². The molecule has 2 saturated carbocycles. The molecule has 0 radical (unpaired) electrons. The number of amides is 1. The summed E-state index contributed by atoms with van der Waals surface area (Å²) in [5.41, 5.74) is -0.336. The van der Waals surface area contributed by atoms with Crippen LogP contribution >= 0.6 is 0 Å². The van der Waals surface area contributed by atoms with E-state index in [9.17, 15) is 4.79 Å². The Hall–Kier alpha value is -0.570. The number of nitrogens with zero attached hydrogens (tertiary/aromatic N) is 1. The van der Waals surface area contributed by atoms with Crippen molar-refractivity contribution >= 4 is 5.91 Å². The minimum absolute atomic E-state index is 0.251. The summed E-state index contributed by atoms with van der Waals surface area (Å²) < 4.78 is 0. The summed E-state index contributed by atoms with van der Waals surface area (Å²) >= 11 is 0. The molecule has 0 spiro atoms. The second-order valence-corrected chi connectivity index (χ2v) is 8.37. The quantitative estimate of drug-likeness (QED) is 0.842. The van der Waals surface area contributed by atoms with Crippen LogP contribution in [0, 0.1) is 23.7 Å². The molecule has 3 rings (SSSR count). The molecule has 2 aliphatic carbocycles. The van der Waals surface area contributed by atoms with Crippen molar-refractivity contribution in [2.24, 2.45) is 23.7 Å². The van der Waals surface area contributed by atoms with Gasteiger partial charge in [0, 0.05) is 6.54 Å². The number of carbonyl (C=O) groups excluding carboxylic acids is 1. The molecule has 3 heteroatoms. The van der Waals surface area contributed by atoms with Crippen molar-refractivity contribution in [1.29, 1.82) is 0 Å². The largest absolute Gasteiger partial charge is 0.325 e. The van der Waals surface area contributed by atoms with E-state index in [0.717, 1.165) is 37.1 Å². The van der Waals surface area contributed by atoms with Gasteiger partial charge in [0.2, 0.25) is 5.91 Å². The van der Waals surface area contributed by atoms with Crippen LogP contribution < -0.4 is 5.32 Å². The Morgan fingerprint density at radius 2 is 2.10 bits per heavy atom. The van der Waals surface area contributed by atoms with Crippen molar-refractivity contribution in [2.45, 2.75) is 77.9 Å². The standard InChI is InChI=1S/C18H32N2O/c1-5-18(4)17(21)20(16(19-18)8-12(2)3)11-15-10-13-6-7-14(15)9-13/h12-16,19H,5-11H2,1-4H3. The lowest BCUT2D eigenvalue weighted by Gasteiger charge is -2.31. The topological polar surface area (TPSA) is 32.3 Å². The molecule has 5 atom stereocenters. The van der Waals surface area contributed by atoms with Crippen molar-refractivity contribution in [3.05, 3.63) is 0 Å². The summed E-state index contributed by atoms with van der Waals surface area (Å²) in [6, 6.07) is 0. The summed E-state index contributed by atoms with van der Waals surface area (Å²) in [6.07, 6.45) is 7.85. The smallest absolute Gasteiger partial charge is 0.243 e. The molecule has 0 aromatic carbocycles. The van der Waals surface area contributed by atoms with Gasteiger partial charge in [-0.25, -0.2) is 0 Å². The molecule has 1 aliphatic heterocycles. The summed E-state index contributed by atoms with van der Waals surface area (Å²) in [6.45, 7) is 9.72. The molecule has 0 aromatic rings. The summed E-state index contributed by atoms with van der Waals surface area (Å²) in [7, 11) is 0. The van der Waals surface area contributed by atoms with Gasteiger partial charge in [0.1, 0.15) is 0 Å². The maximum atomic E-state index is 12.9. The monoisotopic (exact) mass is 292 g/mol. The van der Waals surface area contributed by atoms with E-state index in [2.05, 4.69) is 37.9 Å². The SMILES string of the molecule is CCC1(C)NC(CC(C)C)N(CC2CC3CCC2C3)C1=O. The average Bonchev–Trinajstić information content (AvgIpc) is 3.09. The predicted molar refractivity (Wildman–Crippen MR) is 85.7 cm³/mol. The zero-order valence-corrected chi connectivity index (χ0v) is 14.2. The second-order valence-electron chi connectivity index (χ2n) is 8.37. The minimum atomic E-state index is -0.336. The molecule has 2 bridgehead atoms. The molecule has 1 saturated heterocycles. The van der Waals surface area contributed by atoms with Gasteiger partial charge in [0.05, 0.1) is 11.7 Å². The molecule has 1 amide bonds. The summed E-state index contributed by atoms with van der Waals surface area (Å²) in [5, 5.41) is 3.64. The van der Waals surface area contributed by atoms with Gasteiger partial charge in [-0.2, -0.15) is 0 Å². The highest BCUT2D eigenvalue weighted by molar-refractivity contribution is 5.88. The van der Waals surface area contributed by atoms with E-state index in [1.54, 1.807) is 0 Å². The molecule has 0 aromatic heterocycles. The third kappa shape index (κ3) is 2.74. The Labute approximate surface area is 129 Å². The highest BCUT2D eigenvalue weighted by Crippen LogP contribution is 2.49. The molecule has 3 fully saturated rings. The first-order valence-corrected chi connectivity index (χ1v) is 9.01. The second kappa shape index (κ2) is 5.57. The van der Waals surface area contributed by atoms with E-state index < -0.39 is 0 Å². The lowest BCUT2D eigenvalue weighted by Crippen LogP contribution is -2.44. The van der Waals surface area contributed by atoms with E-state index in [4.69, 9.17) is 0 Å². The van der Waals surface area contributed by atoms with E-state index in [1.807, 2.05) is 0 Å². The first-order valence-electron chi connectivity index (χ1n) is 9.01. The minimum Gasteiger partial charge on any atom is -0.325 e. The van der Waals surface area contributed by atoms with Crippen molar-refractivity contribution < 1.29 is 4.79 Å². The molecule has 120 valence electrons. The van der Waals surface area contributed by atoms with Crippen LogP contribution in [0.15, 0.2) is 0 Å². The van der Waals surface area contributed by atoms with E-state index in [0.29, 0.717) is 11.8 Å². The fourth-order valence-electron chi connectivity index (χ4n) is 4.91. The maximum Gasteiger partial charge on any atom is 0.243 e. The van der Waals surface area contributed by atoms with Crippen LogP contribution in [0.1, 0.15) is 66.2 Å². The lowest BCUT2D eigenvalue weighted by molar-refractivity contribution is -0.133. The predicted octanol–water partition coefficient (Wildman–Crippen LogP) is 3.40. The van der Waals surface area contributed by atoms with Gasteiger partial charge in [0.15, 0.2) is 0 Å². The molecular weight excluding hydrogens is 260 g/mol. The number of nitrogens with one attached hydrogen (secondary N) is 1. The Morgan fingerprint density at radius 3 is 2.62 bits per heavy atom. The molecule has 1 heterocycles. The highest BCUT2D eigenvalue weighted by atomic mass is 16.2. The Morgan fingerprint density at radius 1 is 1.33 bits per heavy atom. The number of hydrogen-bond donors (Lipinski definition) is 1. The molecule has 21 heavy (non-hydrogen) atoms. The fraction of sp³-hybridized carbons (Fsp3) is 0.944. The van der Waals surface area contributed by atoms with Gasteiger partial charge < -0.3 is 4.90 Å². The van der Waals surface area contributed by atoms with Gasteiger partial charge in [-0.15, -0.1) is 0 Å². The van der Waals surface area contributed by atoms with Crippen LogP contribution in [-0.4, -0.2) is 29.1 Å². The van der Waals surface area contributed by atoms with E-state index in [1.165, 1.54) is 25.7 Å². The molecule has 3 aliphatic rings. The first kappa shape index (κ1) is 15.3. The normalized spacial score (nSPS) is 42.5. The number of hydrogen-bond acceptors (Lipinski definition) is 2. The molecule has 3 nitrogen and oxygen atoms in total. The van der Waals surface area contributed by atoms with Crippen molar-refractivity contribution in [3.8, 4) is 0 Å². The Bertz CT molecular complexity index is 408. The van der Waals surface area contributed by atoms with Crippen LogP contribution in [0.2, 0.25) is 0 Å².